The summed E-state index contributed by atoms with van der Waals surface area (Å²) in [7, 11) is 0. The number of aromatic nitrogens is 2. The highest BCUT2D eigenvalue weighted by Gasteiger charge is 2.04. The number of hydrogen-bond donors (Lipinski definition) is 0. The van der Waals surface area contributed by atoms with E-state index in [1.54, 1.807) is 9.13 Å². The summed E-state index contributed by atoms with van der Waals surface area (Å²) in [6.45, 7) is 5.65. The van der Waals surface area contributed by atoms with E-state index in [-0.39, 0.29) is 5.69 Å². The van der Waals surface area contributed by atoms with Crippen molar-refractivity contribution in [1.82, 2.24) is 9.13 Å². The van der Waals surface area contributed by atoms with Gasteiger partial charge in [0.05, 0.1) is 6.54 Å². The van der Waals surface area contributed by atoms with Gasteiger partial charge < -0.3 is 0 Å². The van der Waals surface area contributed by atoms with E-state index in [2.05, 4.69) is 13.8 Å². The van der Waals surface area contributed by atoms with Crippen LogP contribution in [0.15, 0.2) is 47.5 Å². The van der Waals surface area contributed by atoms with Crippen molar-refractivity contribution in [2.75, 3.05) is 0 Å². The van der Waals surface area contributed by atoms with E-state index >= 15 is 0 Å². The van der Waals surface area contributed by atoms with E-state index in [4.69, 9.17) is 0 Å². The van der Waals surface area contributed by atoms with Crippen molar-refractivity contribution in [3.63, 3.8) is 0 Å². The quantitative estimate of drug-likeness (QED) is 0.792. The van der Waals surface area contributed by atoms with Crippen LogP contribution in [-0.4, -0.2) is 9.13 Å². The summed E-state index contributed by atoms with van der Waals surface area (Å²) in [6.07, 6.45) is 3.73. The van der Waals surface area contributed by atoms with Crippen LogP contribution in [0.2, 0.25) is 0 Å². The Morgan fingerprint density at radius 1 is 1.06 bits per heavy atom. The van der Waals surface area contributed by atoms with Gasteiger partial charge in [-0.2, -0.15) is 0 Å². The maximum atomic E-state index is 12.0. The minimum absolute atomic E-state index is 0.0718. The average molecular weight is 230 g/mol. The van der Waals surface area contributed by atoms with Crippen LogP contribution >= 0.6 is 0 Å². The van der Waals surface area contributed by atoms with Crippen LogP contribution in [0, 0.1) is 5.92 Å². The van der Waals surface area contributed by atoms with Gasteiger partial charge in [-0.05, 0) is 11.5 Å². The molecule has 3 heteroatoms. The lowest BCUT2D eigenvalue weighted by atomic mass is 10.2. The van der Waals surface area contributed by atoms with Gasteiger partial charge in [0.1, 0.15) is 0 Å². The fraction of sp³-hybridized carbons (Fsp3) is 0.357. The molecule has 0 saturated carbocycles. The van der Waals surface area contributed by atoms with Crippen LogP contribution in [0.3, 0.4) is 0 Å². The molecule has 0 spiro atoms. The Morgan fingerprint density at radius 3 is 2.35 bits per heavy atom. The summed E-state index contributed by atoms with van der Waals surface area (Å²) in [5.74, 6) is 0.486. The first-order valence-corrected chi connectivity index (χ1v) is 5.96. The minimum Gasteiger partial charge on any atom is -0.299 e. The fourth-order valence-electron chi connectivity index (χ4n) is 1.89. The second-order valence-corrected chi connectivity index (χ2v) is 4.74. The van der Waals surface area contributed by atoms with Crippen LogP contribution in [0.4, 0.5) is 0 Å². The van der Waals surface area contributed by atoms with Gasteiger partial charge in [0, 0.05) is 18.9 Å². The third kappa shape index (κ3) is 2.87. The molecule has 0 fully saturated rings. The molecule has 1 aromatic carbocycles. The number of imidazole rings is 1. The Hall–Kier alpha value is -1.77. The molecule has 17 heavy (non-hydrogen) atoms. The van der Waals surface area contributed by atoms with Gasteiger partial charge in [-0.1, -0.05) is 44.2 Å². The van der Waals surface area contributed by atoms with E-state index in [1.165, 1.54) is 0 Å². The van der Waals surface area contributed by atoms with Crippen molar-refractivity contribution in [1.29, 1.82) is 0 Å². The fourth-order valence-corrected chi connectivity index (χ4v) is 1.89. The van der Waals surface area contributed by atoms with Crippen molar-refractivity contribution in [2.24, 2.45) is 5.92 Å². The molecule has 0 aliphatic rings. The number of hydrogen-bond acceptors (Lipinski definition) is 1. The third-order valence-electron chi connectivity index (χ3n) is 2.68. The first-order chi connectivity index (χ1) is 8.16. The second kappa shape index (κ2) is 5.04. The summed E-state index contributed by atoms with van der Waals surface area (Å²) < 4.78 is 3.52. The zero-order valence-electron chi connectivity index (χ0n) is 10.3. The smallest absolute Gasteiger partial charge is 0.299 e. The zero-order valence-corrected chi connectivity index (χ0v) is 10.3. The first-order valence-electron chi connectivity index (χ1n) is 5.96. The number of rotatable bonds is 4. The summed E-state index contributed by atoms with van der Waals surface area (Å²) in [4.78, 5) is 12.0. The van der Waals surface area contributed by atoms with Gasteiger partial charge >= 0.3 is 5.69 Å². The molecular weight excluding hydrogens is 212 g/mol. The molecule has 90 valence electrons. The normalized spacial score (nSPS) is 11.0. The van der Waals surface area contributed by atoms with Gasteiger partial charge in [0.2, 0.25) is 0 Å². The van der Waals surface area contributed by atoms with E-state index in [0.29, 0.717) is 12.5 Å². The van der Waals surface area contributed by atoms with Crippen LogP contribution < -0.4 is 5.69 Å². The molecule has 0 amide bonds. The molecule has 0 unspecified atom stereocenters. The molecule has 0 bridgehead atoms. The van der Waals surface area contributed by atoms with E-state index in [0.717, 1.165) is 12.1 Å². The van der Waals surface area contributed by atoms with E-state index in [1.807, 2.05) is 42.7 Å². The highest BCUT2D eigenvalue weighted by atomic mass is 16.1. The molecule has 0 radical (unpaired) electrons. The van der Waals surface area contributed by atoms with E-state index in [9.17, 15) is 4.79 Å². The zero-order chi connectivity index (χ0) is 12.3. The summed E-state index contributed by atoms with van der Waals surface area (Å²) in [5, 5.41) is 0. The summed E-state index contributed by atoms with van der Waals surface area (Å²) in [6, 6.07) is 10.0. The standard InChI is InChI=1S/C14H18N2O/c1-12(2)10-15-8-9-16(14(15)17)11-13-6-4-3-5-7-13/h3-9,12H,10-11H2,1-2H3. The Kier molecular flexibility index (Phi) is 3.47. The monoisotopic (exact) mass is 230 g/mol. The van der Waals surface area contributed by atoms with Crippen LogP contribution in [0.25, 0.3) is 0 Å². The van der Waals surface area contributed by atoms with Crippen LogP contribution in [0.5, 0.6) is 0 Å². The molecule has 2 aromatic rings. The number of benzene rings is 1. The summed E-state index contributed by atoms with van der Waals surface area (Å²) >= 11 is 0. The SMILES string of the molecule is CC(C)Cn1ccn(Cc2ccccc2)c1=O. The molecule has 0 saturated heterocycles. The topological polar surface area (TPSA) is 26.9 Å². The van der Waals surface area contributed by atoms with Gasteiger partial charge in [-0.25, -0.2) is 4.79 Å². The largest absolute Gasteiger partial charge is 0.328 e. The van der Waals surface area contributed by atoms with Crippen molar-refractivity contribution in [3.05, 3.63) is 58.8 Å². The van der Waals surface area contributed by atoms with Crippen molar-refractivity contribution < 1.29 is 0 Å². The molecule has 0 aliphatic heterocycles. The summed E-state index contributed by atoms with van der Waals surface area (Å²) in [5.41, 5.74) is 1.22. The maximum Gasteiger partial charge on any atom is 0.328 e. The lowest BCUT2D eigenvalue weighted by molar-refractivity contribution is 0.504. The maximum absolute atomic E-state index is 12.0. The van der Waals surface area contributed by atoms with Gasteiger partial charge in [-0.15, -0.1) is 0 Å². The van der Waals surface area contributed by atoms with Crippen molar-refractivity contribution >= 4 is 0 Å². The second-order valence-electron chi connectivity index (χ2n) is 4.74. The van der Waals surface area contributed by atoms with Gasteiger partial charge in [-0.3, -0.25) is 9.13 Å². The van der Waals surface area contributed by atoms with Gasteiger partial charge in [0.15, 0.2) is 0 Å². The molecule has 3 nitrogen and oxygen atoms in total. The molecule has 0 aliphatic carbocycles. The first kappa shape index (κ1) is 11.7. The van der Waals surface area contributed by atoms with Crippen LogP contribution in [-0.2, 0) is 13.1 Å². The highest BCUT2D eigenvalue weighted by molar-refractivity contribution is 5.15. The molecule has 1 aromatic heterocycles. The highest BCUT2D eigenvalue weighted by Crippen LogP contribution is 2.01. The predicted molar refractivity (Wildman–Crippen MR) is 69.1 cm³/mol. The van der Waals surface area contributed by atoms with Crippen molar-refractivity contribution in [2.45, 2.75) is 26.9 Å². The van der Waals surface area contributed by atoms with Crippen molar-refractivity contribution in [3.8, 4) is 0 Å². The Bertz CT molecular complexity index is 523. The molecule has 2 rings (SSSR count). The third-order valence-corrected chi connectivity index (χ3v) is 2.68. The molecule has 0 N–H and O–H groups in total. The van der Waals surface area contributed by atoms with Crippen LogP contribution in [0.1, 0.15) is 19.4 Å². The predicted octanol–water partition coefficient (Wildman–Crippen LogP) is 2.35. The lowest BCUT2D eigenvalue weighted by Gasteiger charge is -2.05. The lowest BCUT2D eigenvalue weighted by Crippen LogP contribution is -2.25. The Morgan fingerprint density at radius 2 is 1.71 bits per heavy atom. The van der Waals surface area contributed by atoms with E-state index < -0.39 is 0 Å². The van der Waals surface area contributed by atoms with Gasteiger partial charge in [0.25, 0.3) is 0 Å². The number of nitrogens with zero attached hydrogens (tertiary/aromatic N) is 2. The molecule has 0 atom stereocenters. The average Bonchev–Trinajstić information content (AvgIpc) is 2.62. The minimum atomic E-state index is 0.0718. The Labute approximate surface area is 101 Å². The molecule has 1 heterocycles. The molecular formula is C14H18N2O. The Balaban J connectivity index is 2.18.